The molecule has 1 aliphatic heterocycles. The Morgan fingerprint density at radius 3 is 2.85 bits per heavy atom. The number of hydrogen-bond acceptors (Lipinski definition) is 4. The Hall–Kier alpha value is -1.46. The quantitative estimate of drug-likeness (QED) is 0.278. The Labute approximate surface area is 124 Å². The number of amidine groups is 1. The second kappa shape index (κ2) is 7.36. The molecule has 0 saturated carbocycles. The van der Waals surface area contributed by atoms with E-state index in [0.29, 0.717) is 22.9 Å². The standard InChI is InChI=1S/C14H20ClN3O2/c15-11-5-3-6-12(13(11)14(16)17-19)20-10-4-9-18-7-1-2-8-18/h3,5-6,19H,1-2,4,7-10H2,(H2,16,17). The molecular weight excluding hydrogens is 278 g/mol. The highest BCUT2D eigenvalue weighted by Gasteiger charge is 2.14. The Morgan fingerprint density at radius 2 is 2.15 bits per heavy atom. The third-order valence-corrected chi connectivity index (χ3v) is 3.73. The molecule has 110 valence electrons. The number of hydrogen-bond donors (Lipinski definition) is 2. The fraction of sp³-hybridized carbons (Fsp3) is 0.500. The number of halogens is 1. The Bertz CT molecular complexity index is 473. The van der Waals surface area contributed by atoms with E-state index in [1.165, 1.54) is 25.9 Å². The second-order valence-electron chi connectivity index (χ2n) is 4.85. The molecule has 0 atom stereocenters. The number of ether oxygens (including phenoxy) is 1. The van der Waals surface area contributed by atoms with Gasteiger partial charge in [-0.05, 0) is 44.5 Å². The number of benzene rings is 1. The van der Waals surface area contributed by atoms with Gasteiger partial charge in [0, 0.05) is 6.54 Å². The summed E-state index contributed by atoms with van der Waals surface area (Å²) in [5.74, 6) is 0.513. The predicted molar refractivity (Wildman–Crippen MR) is 79.7 cm³/mol. The van der Waals surface area contributed by atoms with Crippen LogP contribution in [0.2, 0.25) is 5.02 Å². The number of rotatable bonds is 6. The van der Waals surface area contributed by atoms with Crippen LogP contribution >= 0.6 is 11.6 Å². The van der Waals surface area contributed by atoms with E-state index in [1.807, 2.05) is 0 Å². The van der Waals surface area contributed by atoms with Gasteiger partial charge in [-0.1, -0.05) is 22.8 Å². The van der Waals surface area contributed by atoms with Gasteiger partial charge in [-0.2, -0.15) is 0 Å². The molecule has 3 N–H and O–H groups in total. The highest BCUT2D eigenvalue weighted by atomic mass is 35.5. The fourth-order valence-corrected chi connectivity index (χ4v) is 2.66. The van der Waals surface area contributed by atoms with E-state index in [2.05, 4.69) is 10.1 Å². The lowest BCUT2D eigenvalue weighted by Crippen LogP contribution is -2.22. The lowest BCUT2D eigenvalue weighted by molar-refractivity contribution is 0.263. The van der Waals surface area contributed by atoms with Gasteiger partial charge >= 0.3 is 0 Å². The van der Waals surface area contributed by atoms with E-state index in [-0.39, 0.29) is 5.84 Å². The zero-order valence-corrected chi connectivity index (χ0v) is 12.1. The summed E-state index contributed by atoms with van der Waals surface area (Å²) in [6.45, 7) is 4.00. The van der Waals surface area contributed by atoms with E-state index in [9.17, 15) is 0 Å². The van der Waals surface area contributed by atoms with E-state index in [1.54, 1.807) is 18.2 Å². The average molecular weight is 298 g/mol. The van der Waals surface area contributed by atoms with Gasteiger partial charge in [0.25, 0.3) is 0 Å². The summed E-state index contributed by atoms with van der Waals surface area (Å²) < 4.78 is 5.72. The molecule has 0 aromatic heterocycles. The SMILES string of the molecule is N/C(=N/O)c1c(Cl)cccc1OCCCN1CCCC1. The topological polar surface area (TPSA) is 71.1 Å². The van der Waals surface area contributed by atoms with Crippen LogP contribution in [-0.4, -0.2) is 42.2 Å². The minimum atomic E-state index is -0.0369. The number of likely N-dealkylation sites (tertiary alicyclic amines) is 1. The molecule has 0 spiro atoms. The molecule has 6 heteroatoms. The van der Waals surface area contributed by atoms with Gasteiger partial charge in [0.1, 0.15) is 5.75 Å². The first-order chi connectivity index (χ1) is 9.72. The molecule has 0 bridgehead atoms. The maximum atomic E-state index is 8.79. The molecule has 5 nitrogen and oxygen atoms in total. The zero-order chi connectivity index (χ0) is 14.4. The highest BCUT2D eigenvalue weighted by Crippen LogP contribution is 2.26. The summed E-state index contributed by atoms with van der Waals surface area (Å²) in [4.78, 5) is 2.44. The molecule has 1 aromatic rings. The molecule has 0 unspecified atom stereocenters. The molecule has 0 aliphatic carbocycles. The maximum Gasteiger partial charge on any atom is 0.175 e. The van der Waals surface area contributed by atoms with E-state index in [4.69, 9.17) is 27.3 Å². The Morgan fingerprint density at radius 1 is 1.40 bits per heavy atom. The van der Waals surface area contributed by atoms with Crippen LogP contribution in [0.1, 0.15) is 24.8 Å². The van der Waals surface area contributed by atoms with Gasteiger partial charge in [-0.25, -0.2) is 0 Å². The minimum Gasteiger partial charge on any atom is -0.493 e. The van der Waals surface area contributed by atoms with Crippen molar-refractivity contribution in [3.05, 3.63) is 28.8 Å². The van der Waals surface area contributed by atoms with Crippen molar-refractivity contribution in [1.29, 1.82) is 0 Å². The van der Waals surface area contributed by atoms with Crippen molar-refractivity contribution in [3.63, 3.8) is 0 Å². The molecular formula is C14H20ClN3O2. The minimum absolute atomic E-state index is 0.0369. The first-order valence-electron chi connectivity index (χ1n) is 6.84. The van der Waals surface area contributed by atoms with E-state index in [0.717, 1.165) is 13.0 Å². The van der Waals surface area contributed by atoms with Gasteiger partial charge in [0.15, 0.2) is 5.84 Å². The first kappa shape index (κ1) is 14.9. The summed E-state index contributed by atoms with van der Waals surface area (Å²) in [7, 11) is 0. The van der Waals surface area contributed by atoms with Crippen LogP contribution < -0.4 is 10.5 Å². The van der Waals surface area contributed by atoms with Gasteiger partial charge in [0.05, 0.1) is 17.2 Å². The summed E-state index contributed by atoms with van der Waals surface area (Å²) in [6.07, 6.45) is 3.54. The third-order valence-electron chi connectivity index (χ3n) is 3.41. The molecule has 1 saturated heterocycles. The summed E-state index contributed by atoms with van der Waals surface area (Å²) in [6, 6.07) is 5.24. The number of oxime groups is 1. The lowest BCUT2D eigenvalue weighted by atomic mass is 10.2. The highest BCUT2D eigenvalue weighted by molar-refractivity contribution is 6.34. The van der Waals surface area contributed by atoms with Crippen molar-refractivity contribution in [3.8, 4) is 5.75 Å². The van der Waals surface area contributed by atoms with Crippen LogP contribution in [0, 0.1) is 0 Å². The van der Waals surface area contributed by atoms with Crippen LogP contribution in [0.3, 0.4) is 0 Å². The second-order valence-corrected chi connectivity index (χ2v) is 5.26. The van der Waals surface area contributed by atoms with Crippen molar-refractivity contribution < 1.29 is 9.94 Å². The van der Waals surface area contributed by atoms with Crippen LogP contribution in [0.5, 0.6) is 5.75 Å². The van der Waals surface area contributed by atoms with Crippen molar-refractivity contribution >= 4 is 17.4 Å². The number of nitrogens with two attached hydrogens (primary N) is 1. The molecule has 0 amide bonds. The van der Waals surface area contributed by atoms with Crippen molar-refractivity contribution in [2.45, 2.75) is 19.3 Å². The fourth-order valence-electron chi connectivity index (χ4n) is 2.40. The van der Waals surface area contributed by atoms with Crippen molar-refractivity contribution in [2.24, 2.45) is 10.9 Å². The molecule has 1 fully saturated rings. The molecule has 1 aliphatic rings. The Kier molecular flexibility index (Phi) is 5.49. The van der Waals surface area contributed by atoms with Gasteiger partial charge < -0.3 is 20.6 Å². The van der Waals surface area contributed by atoms with E-state index < -0.39 is 0 Å². The van der Waals surface area contributed by atoms with Crippen LogP contribution in [-0.2, 0) is 0 Å². The van der Waals surface area contributed by atoms with E-state index >= 15 is 0 Å². The van der Waals surface area contributed by atoms with Gasteiger partial charge in [-0.15, -0.1) is 0 Å². The third kappa shape index (κ3) is 3.77. The van der Waals surface area contributed by atoms with Gasteiger partial charge in [0.2, 0.25) is 0 Å². The summed E-state index contributed by atoms with van der Waals surface area (Å²) in [5.41, 5.74) is 6.07. The number of nitrogens with zero attached hydrogens (tertiary/aromatic N) is 2. The maximum absolute atomic E-state index is 8.79. The molecule has 1 aromatic carbocycles. The van der Waals surface area contributed by atoms with Crippen molar-refractivity contribution in [2.75, 3.05) is 26.2 Å². The summed E-state index contributed by atoms with van der Waals surface area (Å²) >= 11 is 6.06. The van der Waals surface area contributed by atoms with Crippen molar-refractivity contribution in [1.82, 2.24) is 4.90 Å². The van der Waals surface area contributed by atoms with Crippen LogP contribution in [0.25, 0.3) is 0 Å². The normalized spacial score (nSPS) is 16.6. The lowest BCUT2D eigenvalue weighted by Gasteiger charge is -2.15. The smallest absolute Gasteiger partial charge is 0.175 e. The van der Waals surface area contributed by atoms with Crippen LogP contribution in [0.15, 0.2) is 23.4 Å². The molecule has 1 heterocycles. The van der Waals surface area contributed by atoms with Gasteiger partial charge in [-0.3, -0.25) is 0 Å². The molecule has 20 heavy (non-hydrogen) atoms. The van der Waals surface area contributed by atoms with Crippen LogP contribution in [0.4, 0.5) is 0 Å². The predicted octanol–water partition coefficient (Wildman–Crippen LogP) is 2.30. The first-order valence-corrected chi connectivity index (χ1v) is 7.21. The zero-order valence-electron chi connectivity index (χ0n) is 11.4. The summed E-state index contributed by atoms with van der Waals surface area (Å²) in [5, 5.41) is 12.2. The molecule has 2 rings (SSSR count). The largest absolute Gasteiger partial charge is 0.493 e. The monoisotopic (exact) mass is 297 g/mol. The average Bonchev–Trinajstić information content (AvgIpc) is 2.96. The Balaban J connectivity index is 1.90. The molecule has 0 radical (unpaired) electrons.